The van der Waals surface area contributed by atoms with Gasteiger partial charge in [-0.05, 0) is 49.7 Å². The Morgan fingerprint density at radius 3 is 2.19 bits per heavy atom. The molecule has 1 unspecified atom stereocenters. The van der Waals surface area contributed by atoms with Crippen molar-refractivity contribution in [3.8, 4) is 0 Å². The van der Waals surface area contributed by atoms with Gasteiger partial charge in [0, 0.05) is 24.6 Å². The maximum Gasteiger partial charge on any atom is 0.131 e. The number of likely N-dealkylation sites (N-methyl/N-ethyl adjacent to an activating group) is 1. The Hall–Kier alpha value is -1.75. The number of halogens is 3. The SMILES string of the molecule is C=CCN(C)CC(COCc1c(F)cccc1F)c1c(C)cccc1C.Cl. The highest BCUT2D eigenvalue weighted by Crippen LogP contribution is 2.26. The first-order valence-electron chi connectivity index (χ1n) is 8.80. The van der Waals surface area contributed by atoms with Crippen LogP contribution in [0.25, 0.3) is 0 Å². The van der Waals surface area contributed by atoms with Gasteiger partial charge in [-0.2, -0.15) is 0 Å². The van der Waals surface area contributed by atoms with Crippen molar-refractivity contribution < 1.29 is 13.5 Å². The molecule has 0 aliphatic rings. The number of aryl methyl sites for hydroxylation is 2. The maximum absolute atomic E-state index is 13.8. The molecule has 0 aliphatic carbocycles. The summed E-state index contributed by atoms with van der Waals surface area (Å²) in [5.41, 5.74) is 3.61. The quantitative estimate of drug-likeness (QED) is 0.525. The average Bonchev–Trinajstić information content (AvgIpc) is 2.57. The number of benzene rings is 2. The van der Waals surface area contributed by atoms with Crippen LogP contribution in [-0.2, 0) is 11.3 Å². The predicted octanol–water partition coefficient (Wildman–Crippen LogP) is 5.42. The van der Waals surface area contributed by atoms with E-state index in [0.717, 1.165) is 13.1 Å². The Kier molecular flexibility index (Phi) is 9.64. The lowest BCUT2D eigenvalue weighted by Crippen LogP contribution is -2.28. The van der Waals surface area contributed by atoms with Crippen molar-refractivity contribution in [3.63, 3.8) is 0 Å². The fraction of sp³-hybridized carbons (Fsp3) is 0.364. The maximum atomic E-state index is 13.8. The van der Waals surface area contributed by atoms with Crippen LogP contribution in [0.5, 0.6) is 0 Å². The van der Waals surface area contributed by atoms with E-state index in [1.165, 1.54) is 34.9 Å². The van der Waals surface area contributed by atoms with E-state index in [2.05, 4.69) is 37.5 Å². The minimum Gasteiger partial charge on any atom is -0.376 e. The fourth-order valence-corrected chi connectivity index (χ4v) is 3.34. The second kappa shape index (κ2) is 11.2. The first-order chi connectivity index (χ1) is 12.4. The minimum atomic E-state index is -0.572. The number of hydrogen-bond acceptors (Lipinski definition) is 2. The molecule has 0 saturated heterocycles. The largest absolute Gasteiger partial charge is 0.376 e. The summed E-state index contributed by atoms with van der Waals surface area (Å²) < 4.78 is 33.3. The van der Waals surface area contributed by atoms with E-state index in [9.17, 15) is 8.78 Å². The van der Waals surface area contributed by atoms with Gasteiger partial charge in [0.2, 0.25) is 0 Å². The van der Waals surface area contributed by atoms with Crippen molar-refractivity contribution >= 4 is 12.4 Å². The molecule has 27 heavy (non-hydrogen) atoms. The fourth-order valence-electron chi connectivity index (χ4n) is 3.34. The molecule has 2 rings (SSSR count). The number of nitrogens with zero attached hydrogens (tertiary/aromatic N) is 1. The molecule has 0 aliphatic heterocycles. The molecule has 0 N–H and O–H groups in total. The zero-order valence-corrected chi connectivity index (χ0v) is 17.0. The summed E-state index contributed by atoms with van der Waals surface area (Å²) in [7, 11) is 2.03. The van der Waals surface area contributed by atoms with Crippen LogP contribution in [0.2, 0.25) is 0 Å². The first-order valence-corrected chi connectivity index (χ1v) is 8.80. The lowest BCUT2D eigenvalue weighted by atomic mass is 9.91. The number of ether oxygens (including phenoxy) is 1. The molecule has 5 heteroatoms. The molecule has 0 saturated carbocycles. The minimum absolute atomic E-state index is 0. The van der Waals surface area contributed by atoms with Crippen LogP contribution in [-0.4, -0.2) is 31.6 Å². The highest BCUT2D eigenvalue weighted by molar-refractivity contribution is 5.85. The third-order valence-electron chi connectivity index (χ3n) is 4.55. The van der Waals surface area contributed by atoms with E-state index < -0.39 is 11.6 Å². The molecular formula is C22H28ClF2NO. The Morgan fingerprint density at radius 1 is 1.07 bits per heavy atom. The Bertz CT molecular complexity index is 711. The molecule has 0 radical (unpaired) electrons. The van der Waals surface area contributed by atoms with Crippen molar-refractivity contribution in [2.45, 2.75) is 26.4 Å². The highest BCUT2D eigenvalue weighted by Gasteiger charge is 2.19. The second-order valence-electron chi connectivity index (χ2n) is 6.73. The highest BCUT2D eigenvalue weighted by atomic mass is 35.5. The topological polar surface area (TPSA) is 12.5 Å². The van der Waals surface area contributed by atoms with Crippen molar-refractivity contribution in [2.24, 2.45) is 0 Å². The van der Waals surface area contributed by atoms with Crippen LogP contribution < -0.4 is 0 Å². The molecule has 1 atom stereocenters. The second-order valence-corrected chi connectivity index (χ2v) is 6.73. The van der Waals surface area contributed by atoms with Crippen LogP contribution in [0.3, 0.4) is 0 Å². The van der Waals surface area contributed by atoms with Crippen molar-refractivity contribution in [3.05, 3.63) is 82.9 Å². The Labute approximate surface area is 167 Å². The van der Waals surface area contributed by atoms with E-state index in [0.29, 0.717) is 6.61 Å². The van der Waals surface area contributed by atoms with Gasteiger partial charge in [-0.1, -0.05) is 30.3 Å². The van der Waals surface area contributed by atoms with Crippen molar-refractivity contribution in [1.29, 1.82) is 0 Å². The molecule has 0 bridgehead atoms. The zero-order chi connectivity index (χ0) is 19.1. The van der Waals surface area contributed by atoms with Gasteiger partial charge < -0.3 is 9.64 Å². The van der Waals surface area contributed by atoms with Gasteiger partial charge in [0.15, 0.2) is 0 Å². The first kappa shape index (κ1) is 23.3. The van der Waals surface area contributed by atoms with E-state index in [1.54, 1.807) is 0 Å². The summed E-state index contributed by atoms with van der Waals surface area (Å²) in [6.45, 7) is 9.80. The summed E-state index contributed by atoms with van der Waals surface area (Å²) in [5, 5.41) is 0. The van der Waals surface area contributed by atoms with Gasteiger partial charge in [0.1, 0.15) is 11.6 Å². The van der Waals surface area contributed by atoms with E-state index >= 15 is 0 Å². The van der Waals surface area contributed by atoms with Crippen molar-refractivity contribution in [2.75, 3.05) is 26.7 Å². The van der Waals surface area contributed by atoms with Crippen LogP contribution in [0.4, 0.5) is 8.78 Å². The summed E-state index contributed by atoms with van der Waals surface area (Å²) in [4.78, 5) is 2.16. The standard InChI is InChI=1S/C22H27F2NO.ClH/c1-5-12-25(4)13-18(22-16(2)8-6-9-17(22)3)14-26-15-19-20(23)10-7-11-21(19)24;/h5-11,18H,1,12-15H2,2-4H3;1H. The monoisotopic (exact) mass is 395 g/mol. The van der Waals surface area contributed by atoms with Gasteiger partial charge in [-0.25, -0.2) is 8.78 Å². The van der Waals surface area contributed by atoms with Crippen LogP contribution in [0, 0.1) is 25.5 Å². The third-order valence-corrected chi connectivity index (χ3v) is 4.55. The molecule has 2 aromatic carbocycles. The van der Waals surface area contributed by atoms with E-state index in [4.69, 9.17) is 4.74 Å². The lowest BCUT2D eigenvalue weighted by molar-refractivity contribution is 0.0937. The lowest BCUT2D eigenvalue weighted by Gasteiger charge is -2.26. The Morgan fingerprint density at radius 2 is 1.63 bits per heavy atom. The van der Waals surface area contributed by atoms with Gasteiger partial charge >= 0.3 is 0 Å². The smallest absolute Gasteiger partial charge is 0.131 e. The number of rotatable bonds is 9. The van der Waals surface area contributed by atoms with Crippen LogP contribution >= 0.6 is 12.4 Å². The van der Waals surface area contributed by atoms with E-state index in [-0.39, 0.29) is 30.5 Å². The van der Waals surface area contributed by atoms with Crippen LogP contribution in [0.1, 0.15) is 28.2 Å². The molecule has 0 aromatic heterocycles. The molecule has 0 fully saturated rings. The molecule has 2 nitrogen and oxygen atoms in total. The van der Waals surface area contributed by atoms with Gasteiger partial charge in [-0.15, -0.1) is 19.0 Å². The molecule has 0 heterocycles. The van der Waals surface area contributed by atoms with Gasteiger partial charge in [0.05, 0.1) is 13.2 Å². The average molecular weight is 396 g/mol. The molecule has 0 spiro atoms. The van der Waals surface area contributed by atoms with Crippen LogP contribution in [0.15, 0.2) is 49.1 Å². The van der Waals surface area contributed by atoms with Crippen molar-refractivity contribution in [1.82, 2.24) is 4.90 Å². The summed E-state index contributed by atoms with van der Waals surface area (Å²) in [5.74, 6) is -1.04. The summed E-state index contributed by atoms with van der Waals surface area (Å²) in [6, 6.07) is 10.1. The predicted molar refractivity (Wildman–Crippen MR) is 110 cm³/mol. The molecule has 0 amide bonds. The summed E-state index contributed by atoms with van der Waals surface area (Å²) in [6.07, 6.45) is 1.86. The van der Waals surface area contributed by atoms with Gasteiger partial charge in [-0.3, -0.25) is 0 Å². The molecule has 148 valence electrons. The van der Waals surface area contributed by atoms with E-state index in [1.807, 2.05) is 19.2 Å². The summed E-state index contributed by atoms with van der Waals surface area (Å²) >= 11 is 0. The Balaban J connectivity index is 0.00000364. The molecule has 2 aromatic rings. The third kappa shape index (κ3) is 6.42. The van der Waals surface area contributed by atoms with Gasteiger partial charge in [0.25, 0.3) is 0 Å². The molecular weight excluding hydrogens is 368 g/mol. The zero-order valence-electron chi connectivity index (χ0n) is 16.2. The normalized spacial score (nSPS) is 11.9. The number of hydrogen-bond donors (Lipinski definition) is 0.